The molecule has 0 unspecified atom stereocenters. The Morgan fingerprint density at radius 3 is 2.21 bits per heavy atom. The van der Waals surface area contributed by atoms with Crippen LogP contribution in [0, 0.1) is 0 Å². The Morgan fingerprint density at radius 1 is 0.893 bits per heavy atom. The molecule has 7 heteroatoms. The van der Waals surface area contributed by atoms with Gasteiger partial charge in [-0.3, -0.25) is 9.59 Å². The Bertz CT molecular complexity index is 790. The number of rotatable bonds is 10. The summed E-state index contributed by atoms with van der Waals surface area (Å²) < 4.78 is 15.8. The largest absolute Gasteiger partial charge is 0.494 e. The van der Waals surface area contributed by atoms with Crippen molar-refractivity contribution in [1.29, 1.82) is 0 Å². The molecule has 2 N–H and O–H groups in total. The lowest BCUT2D eigenvalue weighted by Crippen LogP contribution is -2.35. The fraction of sp³-hybridized carbons (Fsp3) is 0.333. The third kappa shape index (κ3) is 6.19. The van der Waals surface area contributed by atoms with E-state index >= 15 is 0 Å². The molecule has 7 nitrogen and oxygen atoms in total. The van der Waals surface area contributed by atoms with Gasteiger partial charge in [-0.1, -0.05) is 6.07 Å². The summed E-state index contributed by atoms with van der Waals surface area (Å²) in [7, 11) is 3.11. The molecule has 0 fully saturated rings. The van der Waals surface area contributed by atoms with Crippen molar-refractivity contribution in [3.05, 3.63) is 53.6 Å². The van der Waals surface area contributed by atoms with Crippen molar-refractivity contribution >= 4 is 11.8 Å². The van der Waals surface area contributed by atoms with Gasteiger partial charge in [0.25, 0.3) is 5.91 Å². The van der Waals surface area contributed by atoms with Crippen molar-refractivity contribution in [2.45, 2.75) is 13.3 Å². The van der Waals surface area contributed by atoms with Gasteiger partial charge in [0, 0.05) is 18.7 Å². The molecular formula is C21H26N2O5. The minimum absolute atomic E-state index is 0.137. The van der Waals surface area contributed by atoms with Crippen LogP contribution in [-0.2, 0) is 11.2 Å². The predicted molar refractivity (Wildman–Crippen MR) is 106 cm³/mol. The summed E-state index contributed by atoms with van der Waals surface area (Å²) in [6.45, 7) is 3.16. The summed E-state index contributed by atoms with van der Waals surface area (Å²) >= 11 is 0. The third-order valence-corrected chi connectivity index (χ3v) is 3.97. The fourth-order valence-corrected chi connectivity index (χ4v) is 2.59. The van der Waals surface area contributed by atoms with Crippen LogP contribution in [-0.4, -0.2) is 45.7 Å². The maximum absolute atomic E-state index is 12.1. The van der Waals surface area contributed by atoms with Crippen molar-refractivity contribution in [3.8, 4) is 17.2 Å². The van der Waals surface area contributed by atoms with Crippen LogP contribution in [0.15, 0.2) is 42.5 Å². The number of nitrogens with one attached hydrogen (secondary N) is 2. The van der Waals surface area contributed by atoms with Crippen molar-refractivity contribution < 1.29 is 23.8 Å². The van der Waals surface area contributed by atoms with E-state index in [9.17, 15) is 9.59 Å². The third-order valence-electron chi connectivity index (χ3n) is 3.97. The number of hydrogen-bond acceptors (Lipinski definition) is 5. The molecule has 0 aliphatic heterocycles. The van der Waals surface area contributed by atoms with Crippen molar-refractivity contribution in [3.63, 3.8) is 0 Å². The average molecular weight is 386 g/mol. The van der Waals surface area contributed by atoms with Gasteiger partial charge in [0.15, 0.2) is 11.5 Å². The highest BCUT2D eigenvalue weighted by molar-refractivity contribution is 5.94. The Labute approximate surface area is 165 Å². The number of benzene rings is 2. The second-order valence-corrected chi connectivity index (χ2v) is 5.93. The van der Waals surface area contributed by atoms with Crippen molar-refractivity contribution in [1.82, 2.24) is 10.6 Å². The topological polar surface area (TPSA) is 85.9 Å². The smallest absolute Gasteiger partial charge is 0.251 e. The minimum atomic E-state index is -0.197. The number of methoxy groups -OCH3 is 2. The van der Waals surface area contributed by atoms with Gasteiger partial charge in [0.1, 0.15) is 5.75 Å². The zero-order valence-corrected chi connectivity index (χ0v) is 16.4. The summed E-state index contributed by atoms with van der Waals surface area (Å²) in [5.74, 6) is 1.58. The molecule has 0 aliphatic carbocycles. The highest BCUT2D eigenvalue weighted by Crippen LogP contribution is 2.27. The molecule has 0 saturated carbocycles. The van der Waals surface area contributed by atoms with Crippen LogP contribution in [0.3, 0.4) is 0 Å². The monoisotopic (exact) mass is 386 g/mol. The van der Waals surface area contributed by atoms with Crippen LogP contribution in [0.2, 0.25) is 0 Å². The van der Waals surface area contributed by atoms with Crippen LogP contribution in [0.4, 0.5) is 0 Å². The van der Waals surface area contributed by atoms with Gasteiger partial charge in [0.05, 0.1) is 27.2 Å². The van der Waals surface area contributed by atoms with Gasteiger partial charge in [-0.25, -0.2) is 0 Å². The molecule has 0 aromatic heterocycles. The Balaban J connectivity index is 1.74. The first-order valence-corrected chi connectivity index (χ1v) is 9.06. The molecule has 0 bridgehead atoms. The maximum atomic E-state index is 12.1. The highest BCUT2D eigenvalue weighted by atomic mass is 16.5. The molecule has 28 heavy (non-hydrogen) atoms. The van der Waals surface area contributed by atoms with E-state index in [1.54, 1.807) is 50.6 Å². The van der Waals surface area contributed by atoms with Gasteiger partial charge in [-0.15, -0.1) is 0 Å². The lowest BCUT2D eigenvalue weighted by molar-refractivity contribution is -0.120. The van der Waals surface area contributed by atoms with E-state index in [0.29, 0.717) is 36.8 Å². The Kier molecular flexibility index (Phi) is 8.14. The number of amides is 2. The van der Waals surface area contributed by atoms with E-state index in [-0.39, 0.29) is 18.2 Å². The van der Waals surface area contributed by atoms with Crippen LogP contribution in [0.5, 0.6) is 17.2 Å². The standard InChI is InChI=1S/C21H26N2O5/c1-4-28-17-8-6-16(7-9-17)21(25)23-12-11-22-20(24)14-15-5-10-18(26-2)19(13-15)27-3/h5-10,13H,4,11-12,14H2,1-3H3,(H,22,24)(H,23,25). The van der Waals surface area contributed by atoms with E-state index in [4.69, 9.17) is 14.2 Å². The highest BCUT2D eigenvalue weighted by Gasteiger charge is 2.09. The Hall–Kier alpha value is -3.22. The van der Waals surface area contributed by atoms with E-state index in [2.05, 4.69) is 10.6 Å². The number of hydrogen-bond donors (Lipinski definition) is 2. The molecule has 2 aromatic carbocycles. The van der Waals surface area contributed by atoms with E-state index in [1.165, 1.54) is 0 Å². The van der Waals surface area contributed by atoms with Crippen molar-refractivity contribution in [2.75, 3.05) is 33.9 Å². The second-order valence-electron chi connectivity index (χ2n) is 5.93. The average Bonchev–Trinajstić information content (AvgIpc) is 2.71. The van der Waals surface area contributed by atoms with Gasteiger partial charge >= 0.3 is 0 Å². The zero-order chi connectivity index (χ0) is 20.4. The molecule has 2 amide bonds. The summed E-state index contributed by atoms with van der Waals surface area (Å²) in [5, 5.41) is 5.56. The lowest BCUT2D eigenvalue weighted by atomic mass is 10.1. The van der Waals surface area contributed by atoms with Crippen molar-refractivity contribution in [2.24, 2.45) is 0 Å². The molecule has 150 valence electrons. The van der Waals surface area contributed by atoms with Gasteiger partial charge in [-0.2, -0.15) is 0 Å². The van der Waals surface area contributed by atoms with Gasteiger partial charge < -0.3 is 24.8 Å². The number of ether oxygens (including phenoxy) is 3. The summed E-state index contributed by atoms with van der Waals surface area (Å²) in [5.41, 5.74) is 1.36. The summed E-state index contributed by atoms with van der Waals surface area (Å²) in [6.07, 6.45) is 0.215. The fourth-order valence-electron chi connectivity index (χ4n) is 2.59. The van der Waals surface area contributed by atoms with E-state index in [1.807, 2.05) is 13.0 Å². The summed E-state index contributed by atoms with van der Waals surface area (Å²) in [4.78, 5) is 24.2. The summed E-state index contributed by atoms with van der Waals surface area (Å²) in [6, 6.07) is 12.3. The number of carbonyl (C=O) groups excluding carboxylic acids is 2. The predicted octanol–water partition coefficient (Wildman–Crippen LogP) is 2.19. The molecule has 0 aliphatic rings. The SMILES string of the molecule is CCOc1ccc(C(=O)NCCNC(=O)Cc2ccc(OC)c(OC)c2)cc1. The van der Waals surface area contributed by atoms with Crippen LogP contribution in [0.25, 0.3) is 0 Å². The molecule has 0 heterocycles. The molecule has 0 spiro atoms. The first-order chi connectivity index (χ1) is 13.6. The molecule has 0 atom stereocenters. The normalized spacial score (nSPS) is 10.1. The molecule has 2 rings (SSSR count). The zero-order valence-electron chi connectivity index (χ0n) is 16.4. The Morgan fingerprint density at radius 2 is 1.57 bits per heavy atom. The number of carbonyl (C=O) groups is 2. The minimum Gasteiger partial charge on any atom is -0.494 e. The van der Waals surface area contributed by atoms with E-state index in [0.717, 1.165) is 11.3 Å². The molecule has 0 radical (unpaired) electrons. The molecule has 0 saturated heterocycles. The molecule has 2 aromatic rings. The van der Waals surface area contributed by atoms with Gasteiger partial charge in [-0.05, 0) is 48.9 Å². The first-order valence-electron chi connectivity index (χ1n) is 9.06. The van der Waals surface area contributed by atoms with Crippen LogP contribution >= 0.6 is 0 Å². The second kappa shape index (κ2) is 10.8. The van der Waals surface area contributed by atoms with E-state index < -0.39 is 0 Å². The lowest BCUT2D eigenvalue weighted by Gasteiger charge is -2.10. The maximum Gasteiger partial charge on any atom is 0.251 e. The first kappa shape index (κ1) is 21.1. The van der Waals surface area contributed by atoms with Crippen LogP contribution in [0.1, 0.15) is 22.8 Å². The molecular weight excluding hydrogens is 360 g/mol. The van der Waals surface area contributed by atoms with Gasteiger partial charge in [0.2, 0.25) is 5.91 Å². The quantitative estimate of drug-likeness (QED) is 0.612. The van der Waals surface area contributed by atoms with Crippen LogP contribution < -0.4 is 24.8 Å².